The molecule has 3 N–H and O–H groups in total. The van der Waals surface area contributed by atoms with E-state index in [1.165, 1.54) is 35.0 Å². The molecule has 0 saturated carbocycles. The van der Waals surface area contributed by atoms with E-state index in [1.807, 2.05) is 29.7 Å². The van der Waals surface area contributed by atoms with Crippen molar-refractivity contribution in [1.82, 2.24) is 4.73 Å². The highest BCUT2D eigenvalue weighted by Crippen LogP contribution is 2.49. The molecule has 11 nitrogen and oxygen atoms in total. The van der Waals surface area contributed by atoms with Gasteiger partial charge in [-0.15, -0.1) is 4.73 Å². The standard InChI is InChI=1S/C45H53F2N3O8S/c1-44(2,3)37-26-29(33-25-30-14-11-21-48-22-12-15-32(42(30)48)43(33)57-37)13-10-16-36-45(4,20-7-9-24-59(54,55)56)41-34(47)27-31(46)28-35(41)49(36)23-8-5-6-17-40(53)58-50-38(51)18-19-39(50)52/h10,13,16,18-19,25-28H,5-9,11-12,14-15,17,20-24H2,1-4H3,(H2-,51,52,54,55,56)/p+1. The summed E-state index contributed by atoms with van der Waals surface area (Å²) in [6.45, 7) is 10.7. The summed E-state index contributed by atoms with van der Waals surface area (Å²) in [7, 11) is -4.20. The van der Waals surface area contributed by atoms with Crippen molar-refractivity contribution in [2.24, 2.45) is 5.41 Å². The van der Waals surface area contributed by atoms with Gasteiger partial charge < -0.3 is 24.7 Å². The fourth-order valence-electron chi connectivity index (χ4n) is 9.04. The van der Waals surface area contributed by atoms with E-state index < -0.39 is 50.6 Å². The number of carbonyl (C=O) groups excluding carboxylic acids is 1. The largest absolute Gasteiger partial charge is 0.492 e. The Bertz CT molecular complexity index is 2370. The number of fused-ring (bicyclic) bond motifs is 3. The van der Waals surface area contributed by atoms with E-state index in [-0.39, 0.29) is 18.3 Å². The molecule has 14 heteroatoms. The first-order valence-electron chi connectivity index (χ1n) is 20.6. The molecule has 5 heterocycles. The summed E-state index contributed by atoms with van der Waals surface area (Å²) in [5, 5.41) is 19.6. The molecule has 7 rings (SSSR count). The Hall–Kier alpha value is -4.95. The van der Waals surface area contributed by atoms with E-state index in [0.717, 1.165) is 67.5 Å². The van der Waals surface area contributed by atoms with E-state index in [0.29, 0.717) is 60.3 Å². The number of benzene rings is 2. The molecule has 0 amide bonds. The molecule has 0 fully saturated rings. The number of carbonyl (C=O) groups is 1. The first kappa shape index (κ1) is 42.2. The minimum absolute atomic E-state index is 0.00461. The van der Waals surface area contributed by atoms with E-state index in [9.17, 15) is 28.0 Å². The highest BCUT2D eigenvalue weighted by Gasteiger charge is 2.49. The molecule has 0 saturated heterocycles. The van der Waals surface area contributed by atoms with Crippen LogP contribution in [0, 0.1) is 17.0 Å². The van der Waals surface area contributed by atoms with Crippen molar-refractivity contribution in [2.75, 3.05) is 30.3 Å². The number of rotatable bonds is 14. The maximum Gasteiger partial charge on any atom is 0.333 e. The second kappa shape index (κ2) is 16.6. The zero-order valence-corrected chi connectivity index (χ0v) is 35.0. The second-order valence-electron chi connectivity index (χ2n) is 17.3. The van der Waals surface area contributed by atoms with Crippen LogP contribution in [-0.4, -0.2) is 69.6 Å². The van der Waals surface area contributed by atoms with Gasteiger partial charge in [0, 0.05) is 78.5 Å². The monoisotopic (exact) mass is 834 g/mol. The minimum Gasteiger partial charge on any atom is -0.492 e. The number of halogens is 2. The Balaban J connectivity index is 1.23. The molecule has 0 radical (unpaired) electrons. The summed E-state index contributed by atoms with van der Waals surface area (Å²) in [5.74, 6) is -1.58. The SMILES string of the molecule is CC(C)(C)C1=CC(=CC=CC2=[N+](CCCCCC(=O)On3c(O)ccc3O)c3cc(F)cc(F)c3C2(C)CCCCS(=O)(=O)O)c2cc3c4c(c2O1)CCCN4CCC3. The van der Waals surface area contributed by atoms with Crippen LogP contribution in [0.25, 0.3) is 5.57 Å². The quantitative estimate of drug-likeness (QED) is 0.0829. The van der Waals surface area contributed by atoms with Crippen LogP contribution >= 0.6 is 0 Å². The second-order valence-corrected chi connectivity index (χ2v) is 18.9. The van der Waals surface area contributed by atoms with Crippen LogP contribution in [0.3, 0.4) is 0 Å². The number of unbranched alkanes of at least 4 members (excludes halogenated alkanes) is 3. The number of hydrogen-bond acceptors (Lipinski definition) is 8. The van der Waals surface area contributed by atoms with Crippen molar-refractivity contribution in [3.63, 3.8) is 0 Å². The lowest BCUT2D eigenvalue weighted by Gasteiger charge is -2.40. The molecule has 4 aliphatic heterocycles. The predicted molar refractivity (Wildman–Crippen MR) is 222 cm³/mol. The van der Waals surface area contributed by atoms with Crippen molar-refractivity contribution in [1.29, 1.82) is 0 Å². The van der Waals surface area contributed by atoms with E-state index in [4.69, 9.17) is 9.57 Å². The zero-order chi connectivity index (χ0) is 42.3. The number of hydrogen-bond donors (Lipinski definition) is 3. The zero-order valence-electron chi connectivity index (χ0n) is 34.2. The summed E-state index contributed by atoms with van der Waals surface area (Å²) >= 11 is 0. The molecule has 4 aliphatic rings. The van der Waals surface area contributed by atoms with Gasteiger partial charge in [-0.25, -0.2) is 13.6 Å². The Kier molecular flexibility index (Phi) is 11.9. The van der Waals surface area contributed by atoms with Crippen LogP contribution in [0.1, 0.15) is 108 Å². The van der Waals surface area contributed by atoms with Crippen LogP contribution in [0.5, 0.6) is 17.5 Å². The normalized spacial score (nSPS) is 19.5. The maximum atomic E-state index is 16.0. The van der Waals surface area contributed by atoms with Gasteiger partial charge >= 0.3 is 5.97 Å². The molecule has 1 unspecified atom stereocenters. The fraction of sp³-hybridized carbons (Fsp3) is 0.467. The number of ether oxygens (including phenoxy) is 1. The molecule has 1 aromatic heterocycles. The Morgan fingerprint density at radius 1 is 1.02 bits per heavy atom. The van der Waals surface area contributed by atoms with Crippen molar-refractivity contribution < 1.29 is 50.9 Å². The summed E-state index contributed by atoms with van der Waals surface area (Å²) < 4.78 is 73.0. The van der Waals surface area contributed by atoms with Gasteiger partial charge in [-0.3, -0.25) is 4.55 Å². The topological polar surface area (TPSA) is 142 Å². The van der Waals surface area contributed by atoms with Gasteiger partial charge in [0.2, 0.25) is 17.4 Å². The molecule has 0 bridgehead atoms. The van der Waals surface area contributed by atoms with Gasteiger partial charge in [0.15, 0.2) is 5.71 Å². The van der Waals surface area contributed by atoms with Crippen molar-refractivity contribution >= 4 is 38.7 Å². The lowest BCUT2D eigenvalue weighted by molar-refractivity contribution is -0.438. The van der Waals surface area contributed by atoms with Crippen molar-refractivity contribution in [2.45, 2.75) is 104 Å². The third-order valence-electron chi connectivity index (χ3n) is 11.9. The Morgan fingerprint density at radius 2 is 1.75 bits per heavy atom. The fourth-order valence-corrected chi connectivity index (χ4v) is 9.60. The maximum absolute atomic E-state index is 16.0. The summed E-state index contributed by atoms with van der Waals surface area (Å²) in [6.07, 6.45) is 14.4. The van der Waals surface area contributed by atoms with Crippen LogP contribution in [0.4, 0.5) is 20.2 Å². The third-order valence-corrected chi connectivity index (χ3v) is 12.7. The predicted octanol–water partition coefficient (Wildman–Crippen LogP) is 8.47. The van der Waals surface area contributed by atoms with Gasteiger partial charge in [0.05, 0.1) is 16.7 Å². The van der Waals surface area contributed by atoms with E-state index >= 15 is 8.78 Å². The number of aromatic nitrogens is 1. The van der Waals surface area contributed by atoms with Gasteiger partial charge in [0.25, 0.3) is 10.1 Å². The van der Waals surface area contributed by atoms with Crippen LogP contribution in [-0.2, 0) is 33.2 Å². The molecule has 2 aromatic carbocycles. The molecule has 0 aliphatic carbocycles. The minimum atomic E-state index is -4.20. The van der Waals surface area contributed by atoms with Gasteiger partial charge in [-0.2, -0.15) is 13.0 Å². The summed E-state index contributed by atoms with van der Waals surface area (Å²) in [5.41, 5.74) is 6.05. The number of allylic oxidation sites excluding steroid dienone is 6. The molecule has 316 valence electrons. The van der Waals surface area contributed by atoms with Crippen LogP contribution < -0.4 is 14.5 Å². The lowest BCUT2D eigenvalue weighted by Crippen LogP contribution is -2.35. The van der Waals surface area contributed by atoms with Crippen LogP contribution in [0.2, 0.25) is 0 Å². The van der Waals surface area contributed by atoms with E-state index in [2.05, 4.69) is 37.8 Å². The van der Waals surface area contributed by atoms with Gasteiger partial charge in [-0.1, -0.05) is 39.3 Å². The average Bonchev–Trinajstić information content (AvgIpc) is 3.60. The Labute approximate surface area is 344 Å². The molecular formula is C45H54F2N3O8S+. The number of aryl methyl sites for hydroxylation is 1. The van der Waals surface area contributed by atoms with Gasteiger partial charge in [-0.05, 0) is 81.6 Å². The number of aromatic hydroxyl groups is 2. The highest BCUT2D eigenvalue weighted by molar-refractivity contribution is 7.85. The number of nitrogens with zero attached hydrogens (tertiary/aromatic N) is 3. The number of anilines is 1. The first-order valence-corrected chi connectivity index (χ1v) is 22.2. The molecule has 1 atom stereocenters. The summed E-state index contributed by atoms with van der Waals surface area (Å²) in [4.78, 5) is 20.0. The Morgan fingerprint density at radius 3 is 2.46 bits per heavy atom. The lowest BCUT2D eigenvalue weighted by atomic mass is 9.75. The first-order chi connectivity index (χ1) is 27.9. The smallest absolute Gasteiger partial charge is 0.333 e. The third kappa shape index (κ3) is 8.84. The highest BCUT2D eigenvalue weighted by atomic mass is 32.2. The molecule has 3 aromatic rings. The molecule has 0 spiro atoms. The van der Waals surface area contributed by atoms with E-state index in [1.54, 1.807) is 0 Å². The summed E-state index contributed by atoms with van der Waals surface area (Å²) in [6, 6.07) is 6.86. The van der Waals surface area contributed by atoms with Crippen LogP contribution in [0.15, 0.2) is 60.4 Å². The van der Waals surface area contributed by atoms with Crippen molar-refractivity contribution in [3.8, 4) is 17.5 Å². The van der Waals surface area contributed by atoms with Crippen molar-refractivity contribution in [3.05, 3.63) is 94.3 Å². The average molecular weight is 835 g/mol. The molecular weight excluding hydrogens is 781 g/mol. The van der Waals surface area contributed by atoms with Gasteiger partial charge in [0.1, 0.15) is 29.7 Å². The molecule has 59 heavy (non-hydrogen) atoms.